The van der Waals surface area contributed by atoms with Crippen molar-refractivity contribution in [3.05, 3.63) is 29.8 Å². The molecule has 0 saturated heterocycles. The van der Waals surface area contributed by atoms with Crippen LogP contribution in [0.2, 0.25) is 0 Å². The number of carboxylic acid groups (broad SMARTS) is 1. The Hall–Kier alpha value is -1.57. The zero-order valence-corrected chi connectivity index (χ0v) is 11.8. The van der Waals surface area contributed by atoms with E-state index in [0.717, 1.165) is 5.75 Å². The molecule has 0 aliphatic carbocycles. The van der Waals surface area contributed by atoms with Gasteiger partial charge in [0.15, 0.2) is 0 Å². The largest absolute Gasteiger partial charge is 0.478 e. The van der Waals surface area contributed by atoms with Crippen molar-refractivity contribution in [3.8, 4) is 0 Å². The van der Waals surface area contributed by atoms with Gasteiger partial charge >= 0.3 is 5.97 Å². The van der Waals surface area contributed by atoms with Crippen LogP contribution in [0.3, 0.4) is 0 Å². The molecule has 0 heterocycles. The minimum atomic E-state index is -0.990. The molecule has 0 atom stereocenters. The van der Waals surface area contributed by atoms with E-state index in [4.69, 9.17) is 15.6 Å². The summed E-state index contributed by atoms with van der Waals surface area (Å²) in [5.74, 6) is -0.0642. The van der Waals surface area contributed by atoms with Gasteiger partial charge in [-0.15, -0.1) is 11.8 Å². The maximum Gasteiger partial charge on any atom is 0.335 e. The van der Waals surface area contributed by atoms with Gasteiger partial charge in [-0.1, -0.05) is 0 Å². The number of aromatic carboxylic acids is 1. The Morgan fingerprint density at radius 1 is 1.25 bits per heavy atom. The first-order valence-corrected chi connectivity index (χ1v) is 7.27. The molecule has 0 aliphatic heterocycles. The maximum absolute atomic E-state index is 11.6. The first kappa shape index (κ1) is 16.5. The van der Waals surface area contributed by atoms with Crippen LogP contribution in [0.1, 0.15) is 10.4 Å². The number of benzene rings is 1. The fourth-order valence-corrected chi connectivity index (χ4v) is 2.00. The SMILES string of the molecule is NCCOCCSCC(=O)Nc1ccc(C(=O)O)cc1. The third kappa shape index (κ3) is 6.55. The topological polar surface area (TPSA) is 102 Å². The normalized spacial score (nSPS) is 10.2. The fraction of sp³-hybridized carbons (Fsp3) is 0.385. The lowest BCUT2D eigenvalue weighted by Crippen LogP contribution is -2.15. The Morgan fingerprint density at radius 3 is 2.55 bits per heavy atom. The number of hydrogen-bond acceptors (Lipinski definition) is 5. The number of nitrogens with one attached hydrogen (secondary N) is 1. The van der Waals surface area contributed by atoms with Gasteiger partial charge in [0, 0.05) is 18.0 Å². The smallest absolute Gasteiger partial charge is 0.335 e. The van der Waals surface area contributed by atoms with Crippen LogP contribution < -0.4 is 11.1 Å². The second-order valence-corrected chi connectivity index (χ2v) is 4.99. The van der Waals surface area contributed by atoms with Gasteiger partial charge in [-0.25, -0.2) is 4.79 Å². The fourth-order valence-electron chi connectivity index (χ4n) is 1.36. The zero-order valence-electron chi connectivity index (χ0n) is 11.0. The lowest BCUT2D eigenvalue weighted by atomic mass is 10.2. The molecule has 0 radical (unpaired) electrons. The highest BCUT2D eigenvalue weighted by atomic mass is 32.2. The number of ether oxygens (including phenoxy) is 1. The highest BCUT2D eigenvalue weighted by Gasteiger charge is 2.05. The van der Waals surface area contributed by atoms with Crippen LogP contribution in [-0.2, 0) is 9.53 Å². The molecule has 1 aromatic rings. The molecule has 0 bridgehead atoms. The van der Waals surface area contributed by atoms with Crippen molar-refractivity contribution in [2.75, 3.05) is 36.6 Å². The van der Waals surface area contributed by atoms with Crippen molar-refractivity contribution in [1.82, 2.24) is 0 Å². The molecule has 110 valence electrons. The van der Waals surface area contributed by atoms with E-state index < -0.39 is 5.97 Å². The molecule has 20 heavy (non-hydrogen) atoms. The minimum Gasteiger partial charge on any atom is -0.478 e. The summed E-state index contributed by atoms with van der Waals surface area (Å²) in [6.45, 7) is 1.60. The molecule has 6 nitrogen and oxygen atoms in total. The standard InChI is InChI=1S/C13H18N2O4S/c14-5-6-19-7-8-20-9-12(16)15-11-3-1-10(2-4-11)13(17)18/h1-4H,5-9,14H2,(H,15,16)(H,17,18). The number of amides is 1. The molecular formula is C13H18N2O4S. The first-order valence-electron chi connectivity index (χ1n) is 6.12. The number of rotatable bonds is 9. The molecule has 0 unspecified atom stereocenters. The van der Waals surface area contributed by atoms with Crippen molar-refractivity contribution in [1.29, 1.82) is 0 Å². The monoisotopic (exact) mass is 298 g/mol. The molecule has 1 rings (SSSR count). The molecule has 0 spiro atoms. The Labute approximate surface area is 121 Å². The maximum atomic E-state index is 11.6. The predicted molar refractivity (Wildman–Crippen MR) is 79.2 cm³/mol. The molecule has 0 aromatic heterocycles. The second kappa shape index (κ2) is 9.35. The van der Waals surface area contributed by atoms with Crippen LogP contribution in [0.25, 0.3) is 0 Å². The summed E-state index contributed by atoms with van der Waals surface area (Å²) in [6, 6.07) is 6.03. The van der Waals surface area contributed by atoms with E-state index in [9.17, 15) is 9.59 Å². The Balaban J connectivity index is 2.23. The van der Waals surface area contributed by atoms with Crippen LogP contribution >= 0.6 is 11.8 Å². The molecule has 1 aromatic carbocycles. The Bertz CT molecular complexity index is 437. The van der Waals surface area contributed by atoms with Gasteiger partial charge in [0.05, 0.1) is 24.5 Å². The van der Waals surface area contributed by atoms with Gasteiger partial charge in [0.1, 0.15) is 0 Å². The van der Waals surface area contributed by atoms with Crippen LogP contribution in [0.5, 0.6) is 0 Å². The number of carboxylic acids is 1. The first-order chi connectivity index (χ1) is 9.63. The van der Waals surface area contributed by atoms with Crippen LogP contribution in [0, 0.1) is 0 Å². The Kier molecular flexibility index (Phi) is 7.71. The van der Waals surface area contributed by atoms with Crippen molar-refractivity contribution in [2.24, 2.45) is 5.73 Å². The van der Waals surface area contributed by atoms with Gasteiger partial charge in [0.25, 0.3) is 0 Å². The summed E-state index contributed by atoms with van der Waals surface area (Å²) in [4.78, 5) is 22.3. The van der Waals surface area contributed by atoms with E-state index in [-0.39, 0.29) is 11.5 Å². The highest BCUT2D eigenvalue weighted by molar-refractivity contribution is 7.99. The number of hydrogen-bond donors (Lipinski definition) is 3. The zero-order chi connectivity index (χ0) is 14.8. The number of nitrogens with two attached hydrogens (primary N) is 1. The van der Waals surface area contributed by atoms with Crippen LogP contribution in [0.4, 0.5) is 5.69 Å². The van der Waals surface area contributed by atoms with Crippen molar-refractivity contribution >= 4 is 29.3 Å². The molecule has 0 fully saturated rings. The van der Waals surface area contributed by atoms with Gasteiger partial charge in [-0.05, 0) is 24.3 Å². The van der Waals surface area contributed by atoms with E-state index >= 15 is 0 Å². The molecule has 7 heteroatoms. The third-order valence-corrected chi connectivity index (χ3v) is 3.20. The number of thioether (sulfide) groups is 1. The molecule has 1 amide bonds. The summed E-state index contributed by atoms with van der Waals surface area (Å²) in [7, 11) is 0. The van der Waals surface area contributed by atoms with Crippen molar-refractivity contribution in [3.63, 3.8) is 0 Å². The van der Waals surface area contributed by atoms with Gasteiger partial charge in [-0.3, -0.25) is 4.79 Å². The van der Waals surface area contributed by atoms with E-state index in [2.05, 4.69) is 5.32 Å². The lowest BCUT2D eigenvalue weighted by Gasteiger charge is -2.06. The number of carbonyl (C=O) groups is 2. The van der Waals surface area contributed by atoms with Crippen LogP contribution in [0.15, 0.2) is 24.3 Å². The van der Waals surface area contributed by atoms with E-state index in [1.807, 2.05) is 0 Å². The van der Waals surface area contributed by atoms with Crippen molar-refractivity contribution in [2.45, 2.75) is 0 Å². The minimum absolute atomic E-state index is 0.128. The van der Waals surface area contributed by atoms with Crippen LogP contribution in [-0.4, -0.2) is 48.2 Å². The average molecular weight is 298 g/mol. The Morgan fingerprint density at radius 2 is 1.95 bits per heavy atom. The van der Waals surface area contributed by atoms with Gasteiger partial charge in [0.2, 0.25) is 5.91 Å². The van der Waals surface area contributed by atoms with Gasteiger partial charge < -0.3 is 20.9 Å². The highest BCUT2D eigenvalue weighted by Crippen LogP contribution is 2.10. The summed E-state index contributed by atoms with van der Waals surface area (Å²) in [5, 5.41) is 11.4. The predicted octanol–water partition coefficient (Wildman–Crippen LogP) is 1.03. The van der Waals surface area contributed by atoms with E-state index in [1.54, 1.807) is 12.1 Å². The molecule has 0 saturated carbocycles. The lowest BCUT2D eigenvalue weighted by molar-refractivity contribution is -0.113. The molecule has 0 aliphatic rings. The second-order valence-electron chi connectivity index (χ2n) is 3.88. The van der Waals surface area contributed by atoms with E-state index in [0.29, 0.717) is 31.2 Å². The average Bonchev–Trinajstić information content (AvgIpc) is 2.43. The van der Waals surface area contributed by atoms with E-state index in [1.165, 1.54) is 23.9 Å². The summed E-state index contributed by atoms with van der Waals surface area (Å²) >= 11 is 1.47. The number of carbonyl (C=O) groups excluding carboxylic acids is 1. The quantitative estimate of drug-likeness (QED) is 0.589. The number of anilines is 1. The molecular weight excluding hydrogens is 280 g/mol. The van der Waals surface area contributed by atoms with Gasteiger partial charge in [-0.2, -0.15) is 0 Å². The third-order valence-electron chi connectivity index (χ3n) is 2.28. The summed E-state index contributed by atoms with van der Waals surface area (Å²) < 4.78 is 5.19. The summed E-state index contributed by atoms with van der Waals surface area (Å²) in [5.41, 5.74) is 6.05. The summed E-state index contributed by atoms with van der Waals surface area (Å²) in [6.07, 6.45) is 0. The molecule has 4 N–H and O–H groups in total. The van der Waals surface area contributed by atoms with Crippen molar-refractivity contribution < 1.29 is 19.4 Å².